The molecule has 1 heterocycles. The van der Waals surface area contributed by atoms with Gasteiger partial charge in [0, 0.05) is 23.8 Å². The van der Waals surface area contributed by atoms with E-state index in [9.17, 15) is 0 Å². The summed E-state index contributed by atoms with van der Waals surface area (Å²) < 4.78 is 0. The Bertz CT molecular complexity index is 713. The first-order valence-corrected chi connectivity index (χ1v) is 9.49. The van der Waals surface area contributed by atoms with Gasteiger partial charge in [0.15, 0.2) is 0 Å². The Labute approximate surface area is 149 Å². The second-order valence-electron chi connectivity index (χ2n) is 7.16. The van der Waals surface area contributed by atoms with Crippen molar-refractivity contribution in [3.63, 3.8) is 0 Å². The van der Waals surface area contributed by atoms with E-state index in [0.717, 1.165) is 42.9 Å². The number of rotatable bonds is 5. The third kappa shape index (κ3) is 3.45. The zero-order chi connectivity index (χ0) is 16.4. The van der Waals surface area contributed by atoms with Crippen LogP contribution in [0, 0.1) is 5.92 Å². The molecule has 2 aromatic rings. The summed E-state index contributed by atoms with van der Waals surface area (Å²) in [5.41, 5.74) is 5.59. The standard InChI is InChI=1S/C21H25ClN2/c22-18-5-1-3-16(11-18)13-23-10-9-15-7-8-20-19-6-2-4-17(19)14-24-21(20)12-15/h1,3,5,7-8,11-12,17,19,23-24H,2,4,6,9-10,13-14H2. The molecule has 2 atom stereocenters. The molecule has 0 saturated heterocycles. The Morgan fingerprint density at radius 1 is 1.08 bits per heavy atom. The predicted octanol–water partition coefficient (Wildman–Crippen LogP) is 4.98. The maximum absolute atomic E-state index is 6.02. The number of nitrogens with one attached hydrogen (secondary N) is 2. The highest BCUT2D eigenvalue weighted by molar-refractivity contribution is 6.30. The second-order valence-corrected chi connectivity index (χ2v) is 7.59. The highest BCUT2D eigenvalue weighted by atomic mass is 35.5. The van der Waals surface area contributed by atoms with Crippen molar-refractivity contribution in [1.82, 2.24) is 5.32 Å². The molecular formula is C21H25ClN2. The zero-order valence-corrected chi connectivity index (χ0v) is 14.8. The van der Waals surface area contributed by atoms with E-state index in [-0.39, 0.29) is 0 Å². The first kappa shape index (κ1) is 16.0. The molecule has 2 N–H and O–H groups in total. The van der Waals surface area contributed by atoms with E-state index in [0.29, 0.717) is 0 Å². The Morgan fingerprint density at radius 2 is 2.04 bits per heavy atom. The smallest absolute Gasteiger partial charge is 0.0409 e. The SMILES string of the molecule is Clc1cccc(CNCCc2ccc3c(c2)NCC2CCCC32)c1. The lowest BCUT2D eigenvalue weighted by Gasteiger charge is -2.30. The molecule has 1 aliphatic carbocycles. The number of halogens is 1. The van der Waals surface area contributed by atoms with Crippen molar-refractivity contribution in [2.45, 2.75) is 38.1 Å². The molecule has 3 heteroatoms. The molecule has 0 bridgehead atoms. The Balaban J connectivity index is 1.33. The van der Waals surface area contributed by atoms with E-state index in [1.165, 1.54) is 36.1 Å². The maximum Gasteiger partial charge on any atom is 0.0409 e. The average Bonchev–Trinajstić information content (AvgIpc) is 3.08. The van der Waals surface area contributed by atoms with Gasteiger partial charge in [0.2, 0.25) is 0 Å². The van der Waals surface area contributed by atoms with Gasteiger partial charge < -0.3 is 10.6 Å². The van der Waals surface area contributed by atoms with Crippen molar-refractivity contribution in [2.75, 3.05) is 18.4 Å². The van der Waals surface area contributed by atoms with Crippen molar-refractivity contribution >= 4 is 17.3 Å². The Kier molecular flexibility index (Phi) is 4.77. The monoisotopic (exact) mass is 340 g/mol. The molecule has 2 nitrogen and oxygen atoms in total. The molecule has 2 aromatic carbocycles. The second kappa shape index (κ2) is 7.16. The highest BCUT2D eigenvalue weighted by Crippen LogP contribution is 2.45. The molecule has 24 heavy (non-hydrogen) atoms. The summed E-state index contributed by atoms with van der Waals surface area (Å²) in [5.74, 6) is 1.67. The van der Waals surface area contributed by atoms with Crippen LogP contribution in [0.4, 0.5) is 5.69 Å². The van der Waals surface area contributed by atoms with Crippen LogP contribution >= 0.6 is 11.6 Å². The molecule has 1 aliphatic heterocycles. The largest absolute Gasteiger partial charge is 0.385 e. The minimum Gasteiger partial charge on any atom is -0.385 e. The van der Waals surface area contributed by atoms with Crippen LogP contribution in [0.3, 0.4) is 0 Å². The molecule has 0 radical (unpaired) electrons. The summed E-state index contributed by atoms with van der Waals surface area (Å²) in [5, 5.41) is 7.98. The summed E-state index contributed by atoms with van der Waals surface area (Å²) in [4.78, 5) is 0. The highest BCUT2D eigenvalue weighted by Gasteiger charge is 2.33. The molecule has 0 aromatic heterocycles. The van der Waals surface area contributed by atoms with Crippen molar-refractivity contribution in [3.8, 4) is 0 Å². The molecule has 1 saturated carbocycles. The lowest BCUT2D eigenvalue weighted by molar-refractivity contribution is 0.495. The van der Waals surface area contributed by atoms with E-state index in [2.05, 4.69) is 34.9 Å². The van der Waals surface area contributed by atoms with Gasteiger partial charge in [-0.3, -0.25) is 0 Å². The number of benzene rings is 2. The quantitative estimate of drug-likeness (QED) is 0.750. The summed E-state index contributed by atoms with van der Waals surface area (Å²) in [6, 6.07) is 15.1. The summed E-state index contributed by atoms with van der Waals surface area (Å²) in [7, 11) is 0. The van der Waals surface area contributed by atoms with Gasteiger partial charge in [-0.05, 0) is 72.5 Å². The van der Waals surface area contributed by atoms with Crippen LogP contribution in [0.2, 0.25) is 5.02 Å². The van der Waals surface area contributed by atoms with E-state index in [4.69, 9.17) is 11.6 Å². The van der Waals surface area contributed by atoms with Gasteiger partial charge in [-0.25, -0.2) is 0 Å². The first-order valence-electron chi connectivity index (χ1n) is 9.11. The topological polar surface area (TPSA) is 24.1 Å². The predicted molar refractivity (Wildman–Crippen MR) is 102 cm³/mol. The fourth-order valence-corrected chi connectivity index (χ4v) is 4.49. The number of anilines is 1. The molecular weight excluding hydrogens is 316 g/mol. The third-order valence-corrected chi connectivity index (χ3v) is 5.77. The normalized spacial score (nSPS) is 21.9. The summed E-state index contributed by atoms with van der Waals surface area (Å²) >= 11 is 6.02. The van der Waals surface area contributed by atoms with Crippen molar-refractivity contribution in [2.24, 2.45) is 5.92 Å². The van der Waals surface area contributed by atoms with Crippen LogP contribution < -0.4 is 10.6 Å². The Morgan fingerprint density at radius 3 is 2.96 bits per heavy atom. The molecule has 0 spiro atoms. The van der Waals surface area contributed by atoms with Gasteiger partial charge in [0.1, 0.15) is 0 Å². The van der Waals surface area contributed by atoms with Crippen LogP contribution in [0.1, 0.15) is 41.9 Å². The maximum atomic E-state index is 6.02. The molecule has 2 unspecified atom stereocenters. The molecule has 4 rings (SSSR count). The van der Waals surface area contributed by atoms with Gasteiger partial charge >= 0.3 is 0 Å². The van der Waals surface area contributed by atoms with Crippen molar-refractivity contribution in [3.05, 3.63) is 64.2 Å². The van der Waals surface area contributed by atoms with Gasteiger partial charge in [0.25, 0.3) is 0 Å². The van der Waals surface area contributed by atoms with E-state index in [1.807, 2.05) is 18.2 Å². The van der Waals surface area contributed by atoms with Gasteiger partial charge in [-0.2, -0.15) is 0 Å². The first-order chi connectivity index (χ1) is 11.8. The van der Waals surface area contributed by atoms with E-state index >= 15 is 0 Å². The zero-order valence-electron chi connectivity index (χ0n) is 14.0. The van der Waals surface area contributed by atoms with Crippen LogP contribution in [-0.4, -0.2) is 13.1 Å². The minimum absolute atomic E-state index is 0.802. The van der Waals surface area contributed by atoms with Crippen molar-refractivity contribution < 1.29 is 0 Å². The Hall–Kier alpha value is -1.51. The molecule has 1 fully saturated rings. The summed E-state index contributed by atoms with van der Waals surface area (Å²) in [6.07, 6.45) is 5.22. The minimum atomic E-state index is 0.802. The lowest BCUT2D eigenvalue weighted by Crippen LogP contribution is -2.24. The molecule has 2 aliphatic rings. The number of hydrogen-bond donors (Lipinski definition) is 2. The molecule has 0 amide bonds. The van der Waals surface area contributed by atoms with E-state index in [1.54, 1.807) is 5.56 Å². The van der Waals surface area contributed by atoms with Crippen LogP contribution in [-0.2, 0) is 13.0 Å². The van der Waals surface area contributed by atoms with Gasteiger partial charge in [-0.15, -0.1) is 0 Å². The van der Waals surface area contributed by atoms with E-state index < -0.39 is 0 Å². The summed E-state index contributed by atoms with van der Waals surface area (Å²) in [6.45, 7) is 3.01. The fraction of sp³-hybridized carbons (Fsp3) is 0.429. The van der Waals surface area contributed by atoms with Crippen LogP contribution in [0.5, 0.6) is 0 Å². The van der Waals surface area contributed by atoms with Gasteiger partial charge in [-0.1, -0.05) is 42.3 Å². The lowest BCUT2D eigenvalue weighted by atomic mass is 9.84. The van der Waals surface area contributed by atoms with Gasteiger partial charge in [0.05, 0.1) is 0 Å². The third-order valence-electron chi connectivity index (χ3n) is 5.54. The van der Waals surface area contributed by atoms with Crippen molar-refractivity contribution in [1.29, 1.82) is 0 Å². The van der Waals surface area contributed by atoms with Crippen LogP contribution in [0.15, 0.2) is 42.5 Å². The molecule has 126 valence electrons. The number of hydrogen-bond acceptors (Lipinski definition) is 2. The van der Waals surface area contributed by atoms with Crippen LogP contribution in [0.25, 0.3) is 0 Å². The average molecular weight is 341 g/mol. The fourth-order valence-electron chi connectivity index (χ4n) is 4.28. The number of fused-ring (bicyclic) bond motifs is 3.